The van der Waals surface area contributed by atoms with Crippen molar-refractivity contribution in [2.75, 3.05) is 0 Å². The second kappa shape index (κ2) is 5.74. The number of hydrogen-bond acceptors (Lipinski definition) is 6. The summed E-state index contributed by atoms with van der Waals surface area (Å²) in [5, 5.41) is 0.458. The number of H-pyrrole nitrogens is 1. The van der Waals surface area contributed by atoms with Crippen LogP contribution in [-0.4, -0.2) is 28.7 Å². The van der Waals surface area contributed by atoms with E-state index < -0.39 is 22.5 Å². The minimum Gasteiger partial charge on any atom is -0.291 e. The van der Waals surface area contributed by atoms with Crippen LogP contribution in [0.5, 0.6) is 0 Å². The Morgan fingerprint density at radius 1 is 0.926 bits per heavy atom. The molecule has 0 aliphatic carbocycles. The smallest absolute Gasteiger partial charge is 0.291 e. The van der Waals surface area contributed by atoms with Gasteiger partial charge >= 0.3 is 11.4 Å². The predicted molar refractivity (Wildman–Crippen MR) is 97.9 cm³/mol. The van der Waals surface area contributed by atoms with Crippen molar-refractivity contribution in [3.05, 3.63) is 71.0 Å². The molecular formula is C16H11ClN6O4. The minimum absolute atomic E-state index is 0.0121. The van der Waals surface area contributed by atoms with Crippen molar-refractivity contribution in [3.8, 4) is 17.2 Å². The van der Waals surface area contributed by atoms with Crippen molar-refractivity contribution in [2.24, 2.45) is 14.1 Å². The van der Waals surface area contributed by atoms with Crippen molar-refractivity contribution in [2.45, 2.75) is 0 Å². The Balaban J connectivity index is 2.35. The molecule has 10 nitrogen and oxygen atoms in total. The van der Waals surface area contributed by atoms with Crippen LogP contribution in [-0.2, 0) is 14.1 Å². The zero-order valence-electron chi connectivity index (χ0n) is 14.1. The Bertz CT molecular complexity index is 1420. The summed E-state index contributed by atoms with van der Waals surface area (Å²) in [5.41, 5.74) is -2.74. The lowest BCUT2D eigenvalue weighted by molar-refractivity contribution is 0.748. The Kier molecular flexibility index (Phi) is 3.60. The van der Waals surface area contributed by atoms with Gasteiger partial charge in [-0.25, -0.2) is 14.6 Å². The van der Waals surface area contributed by atoms with Crippen molar-refractivity contribution in [1.29, 1.82) is 0 Å². The van der Waals surface area contributed by atoms with E-state index in [-0.39, 0.29) is 22.7 Å². The summed E-state index contributed by atoms with van der Waals surface area (Å²) >= 11 is 5.93. The first-order chi connectivity index (χ1) is 12.8. The van der Waals surface area contributed by atoms with Gasteiger partial charge in [-0.05, 0) is 24.3 Å². The largest absolute Gasteiger partial charge is 0.352 e. The second-order valence-corrected chi connectivity index (χ2v) is 6.28. The summed E-state index contributed by atoms with van der Waals surface area (Å²) in [4.78, 5) is 59.8. The van der Waals surface area contributed by atoms with E-state index >= 15 is 0 Å². The topological polar surface area (TPSA) is 125 Å². The van der Waals surface area contributed by atoms with Crippen LogP contribution in [0.1, 0.15) is 0 Å². The zero-order valence-corrected chi connectivity index (χ0v) is 14.8. The van der Waals surface area contributed by atoms with Crippen LogP contribution in [0.25, 0.3) is 28.4 Å². The third-order valence-corrected chi connectivity index (χ3v) is 4.46. The second-order valence-electron chi connectivity index (χ2n) is 5.85. The van der Waals surface area contributed by atoms with Gasteiger partial charge in [-0.3, -0.25) is 28.3 Å². The molecule has 0 fully saturated rings. The Morgan fingerprint density at radius 2 is 1.59 bits per heavy atom. The molecule has 0 amide bonds. The van der Waals surface area contributed by atoms with Gasteiger partial charge in [-0.2, -0.15) is 4.98 Å². The van der Waals surface area contributed by atoms with Gasteiger partial charge in [0.2, 0.25) is 0 Å². The number of rotatable bonds is 1. The van der Waals surface area contributed by atoms with E-state index in [1.807, 2.05) is 0 Å². The highest BCUT2D eigenvalue weighted by Crippen LogP contribution is 2.23. The maximum atomic E-state index is 12.5. The van der Waals surface area contributed by atoms with Gasteiger partial charge in [0.15, 0.2) is 22.7 Å². The number of nitrogens with zero attached hydrogens (tertiary/aromatic N) is 5. The van der Waals surface area contributed by atoms with E-state index in [2.05, 4.69) is 15.0 Å². The number of nitrogens with one attached hydrogen (secondary N) is 1. The van der Waals surface area contributed by atoms with Crippen molar-refractivity contribution in [1.82, 2.24) is 28.7 Å². The summed E-state index contributed by atoms with van der Waals surface area (Å²) in [6, 6.07) is 6.36. The molecule has 2 aromatic rings. The first-order valence-electron chi connectivity index (χ1n) is 7.68. The number of aromatic amines is 1. The summed E-state index contributed by atoms with van der Waals surface area (Å²) in [6.07, 6.45) is 0. The molecule has 4 rings (SSSR count). The molecule has 0 spiro atoms. The Labute approximate surface area is 154 Å². The van der Waals surface area contributed by atoms with Crippen LogP contribution in [0.3, 0.4) is 0 Å². The SMILES string of the molecule is Cn1c(=O)nc2n(-c3ccc(Cl)cc3)c3[nH]c(=O)n(C)c(=O)c3nc-2c1=O. The van der Waals surface area contributed by atoms with Gasteiger partial charge in [0, 0.05) is 24.8 Å². The monoisotopic (exact) mass is 386 g/mol. The van der Waals surface area contributed by atoms with E-state index in [0.29, 0.717) is 10.7 Å². The van der Waals surface area contributed by atoms with E-state index in [9.17, 15) is 19.2 Å². The highest BCUT2D eigenvalue weighted by atomic mass is 35.5. The van der Waals surface area contributed by atoms with Crippen LogP contribution in [0, 0.1) is 0 Å². The lowest BCUT2D eigenvalue weighted by Crippen LogP contribution is -2.39. The number of aromatic nitrogens is 6. The van der Waals surface area contributed by atoms with Gasteiger partial charge in [0.05, 0.1) is 0 Å². The fourth-order valence-electron chi connectivity index (χ4n) is 2.73. The number of benzene rings is 1. The van der Waals surface area contributed by atoms with Crippen molar-refractivity contribution < 1.29 is 0 Å². The molecule has 136 valence electrons. The average molecular weight is 387 g/mol. The van der Waals surface area contributed by atoms with Crippen LogP contribution in [0.2, 0.25) is 5.02 Å². The summed E-state index contributed by atoms with van der Waals surface area (Å²) in [5.74, 6) is -0.0816. The van der Waals surface area contributed by atoms with Crippen molar-refractivity contribution >= 4 is 22.8 Å². The molecule has 0 unspecified atom stereocenters. The quantitative estimate of drug-likeness (QED) is 0.445. The maximum Gasteiger partial charge on any atom is 0.352 e. The molecule has 1 aromatic carbocycles. The third kappa shape index (κ3) is 2.41. The molecule has 0 radical (unpaired) electrons. The lowest BCUT2D eigenvalue weighted by Gasteiger charge is -2.17. The molecule has 0 saturated heterocycles. The molecule has 0 bridgehead atoms. The number of hydrogen-bond donors (Lipinski definition) is 1. The van der Waals surface area contributed by atoms with Gasteiger partial charge < -0.3 is 0 Å². The fraction of sp³-hybridized carbons (Fsp3) is 0.125. The molecule has 0 atom stereocenters. The van der Waals surface area contributed by atoms with Gasteiger partial charge in [-0.15, -0.1) is 0 Å². The molecule has 27 heavy (non-hydrogen) atoms. The van der Waals surface area contributed by atoms with Gasteiger partial charge in [0.25, 0.3) is 11.1 Å². The molecule has 2 aliphatic heterocycles. The average Bonchev–Trinajstić information content (AvgIpc) is 2.65. The molecule has 11 heteroatoms. The first kappa shape index (κ1) is 16.9. The molecule has 0 saturated carbocycles. The number of halogens is 1. The van der Waals surface area contributed by atoms with Gasteiger partial charge in [0.1, 0.15) is 0 Å². The predicted octanol–water partition coefficient (Wildman–Crippen LogP) is -0.375. The highest BCUT2D eigenvalue weighted by molar-refractivity contribution is 6.30. The molecule has 3 heterocycles. The summed E-state index contributed by atoms with van der Waals surface area (Å²) in [6.45, 7) is 0. The summed E-state index contributed by atoms with van der Waals surface area (Å²) < 4.78 is 2.97. The fourth-order valence-corrected chi connectivity index (χ4v) is 2.86. The van der Waals surface area contributed by atoms with Gasteiger partial charge in [-0.1, -0.05) is 11.6 Å². The molecule has 1 N–H and O–H groups in total. The highest BCUT2D eigenvalue weighted by Gasteiger charge is 2.23. The lowest BCUT2D eigenvalue weighted by atomic mass is 10.2. The molecule has 1 aromatic heterocycles. The first-order valence-corrected chi connectivity index (χ1v) is 8.06. The normalized spacial score (nSPS) is 11.4. The van der Waals surface area contributed by atoms with Crippen LogP contribution < -0.4 is 22.5 Å². The third-order valence-electron chi connectivity index (χ3n) is 4.21. The molecule has 2 aliphatic rings. The minimum atomic E-state index is -0.789. The van der Waals surface area contributed by atoms with Crippen LogP contribution in [0.4, 0.5) is 0 Å². The Morgan fingerprint density at radius 3 is 2.26 bits per heavy atom. The molecular weight excluding hydrogens is 376 g/mol. The standard InChI is InChI=1S/C16H11ClN6O4/c1-21-13(24)9-11(19-15(21)26)23(8-5-3-7(17)4-6-8)12-10(18-9)14(25)22(2)16(27)20-12/h3-6H,1-2H3,(H,19,26). The zero-order chi connectivity index (χ0) is 19.5. The van der Waals surface area contributed by atoms with E-state index in [0.717, 1.165) is 9.13 Å². The summed E-state index contributed by atoms with van der Waals surface area (Å²) in [7, 11) is 2.55. The Hall–Kier alpha value is -3.53. The van der Waals surface area contributed by atoms with E-state index in [1.54, 1.807) is 24.3 Å². The van der Waals surface area contributed by atoms with Crippen molar-refractivity contribution in [3.63, 3.8) is 0 Å². The van der Waals surface area contributed by atoms with E-state index in [4.69, 9.17) is 11.6 Å². The van der Waals surface area contributed by atoms with E-state index in [1.165, 1.54) is 18.7 Å². The number of fused-ring (bicyclic) bond motifs is 2. The maximum absolute atomic E-state index is 12.5. The van der Waals surface area contributed by atoms with Crippen LogP contribution >= 0.6 is 11.6 Å². The van der Waals surface area contributed by atoms with Crippen LogP contribution in [0.15, 0.2) is 43.4 Å².